The van der Waals surface area contributed by atoms with E-state index in [0.717, 1.165) is 12.8 Å². The molecule has 0 amide bonds. The Morgan fingerprint density at radius 1 is 0.512 bits per heavy atom. The number of halogens is 2. The molecule has 0 bridgehead atoms. The minimum Gasteiger partial charge on any atom is -0.147 e. The van der Waals surface area contributed by atoms with Gasteiger partial charge in [-0.1, -0.05) is 0 Å². The molecule has 216 valence electrons. The van der Waals surface area contributed by atoms with E-state index in [-0.39, 0.29) is 24.8 Å². The van der Waals surface area contributed by atoms with Crippen molar-refractivity contribution in [1.29, 1.82) is 0 Å². The quantitative estimate of drug-likeness (QED) is 0.156. The van der Waals surface area contributed by atoms with E-state index in [1.165, 1.54) is 55.0 Å². The van der Waals surface area contributed by atoms with E-state index in [2.05, 4.69) is 153 Å². The second kappa shape index (κ2) is 12.0. The Balaban J connectivity index is 0.00000184. The molecule has 0 spiro atoms. The summed E-state index contributed by atoms with van der Waals surface area (Å²) in [6, 6.07) is 42.8. The molecule has 0 fully saturated rings. The first-order valence-corrected chi connectivity index (χ1v) is 32.0. The van der Waals surface area contributed by atoms with Gasteiger partial charge in [0.15, 0.2) is 0 Å². The Bertz CT molecular complexity index is 1950. The molecule has 0 saturated heterocycles. The summed E-state index contributed by atoms with van der Waals surface area (Å²) in [5.41, 5.74) is 8.70. The number of benzene rings is 5. The monoisotopic (exact) mass is 784 g/mol. The molecule has 7 rings (SSSR count). The van der Waals surface area contributed by atoms with Crippen molar-refractivity contribution < 1.29 is 17.1 Å². The van der Waals surface area contributed by atoms with E-state index in [1.54, 1.807) is 9.98 Å². The van der Waals surface area contributed by atoms with Gasteiger partial charge in [0.05, 0.1) is 0 Å². The normalized spacial score (nSPS) is 15.3. The van der Waals surface area contributed by atoms with Crippen molar-refractivity contribution in [1.82, 2.24) is 0 Å². The van der Waals surface area contributed by atoms with Gasteiger partial charge in [0.2, 0.25) is 0 Å². The van der Waals surface area contributed by atoms with Crippen molar-refractivity contribution >= 4 is 67.8 Å². The topological polar surface area (TPSA) is 0 Å². The van der Waals surface area contributed by atoms with Crippen molar-refractivity contribution in [2.24, 2.45) is 0 Å². The van der Waals surface area contributed by atoms with Crippen LogP contribution in [0.2, 0.25) is 4.68 Å². The molecular formula is C39H38Cl2HfSi. The Kier molecular flexibility index (Phi) is 8.82. The fourth-order valence-electron chi connectivity index (χ4n) is 7.78. The standard InChI is InChI=1S/2C16H13.C6H5.CH3.2ClH.Hf.H2Si/c2*1-12-9-10-14(11-12)16-8-4-6-13-5-2-3-7-15(13)16;1-2-4-6-5-3-1;;;;;/h2*2-8,11H,10H2,1H3;1-5H;1H3;2*1H;;1H2. The minimum atomic E-state index is -4.09. The Labute approximate surface area is 270 Å². The summed E-state index contributed by atoms with van der Waals surface area (Å²) in [4.78, 5) is 0. The molecule has 0 heterocycles. The van der Waals surface area contributed by atoms with Gasteiger partial charge in [0, 0.05) is 0 Å². The van der Waals surface area contributed by atoms with Crippen LogP contribution in [-0.2, 0) is 17.1 Å². The summed E-state index contributed by atoms with van der Waals surface area (Å²) >= 11 is -4.09. The van der Waals surface area contributed by atoms with E-state index >= 15 is 0 Å². The van der Waals surface area contributed by atoms with Gasteiger partial charge in [-0.3, -0.25) is 0 Å². The summed E-state index contributed by atoms with van der Waals surface area (Å²) in [5, 5.41) is 5.35. The van der Waals surface area contributed by atoms with Crippen LogP contribution in [-0.4, -0.2) is 6.94 Å². The average molecular weight is 784 g/mol. The fraction of sp³-hybridized carbons (Fsp3) is 0.128. The molecule has 2 aliphatic rings. The smallest absolute Gasteiger partial charge is 0.147 e. The van der Waals surface area contributed by atoms with Crippen molar-refractivity contribution in [3.63, 3.8) is 0 Å². The van der Waals surface area contributed by atoms with Crippen molar-refractivity contribution in [3.8, 4) is 0 Å². The maximum Gasteiger partial charge on any atom is -0.147 e. The Morgan fingerprint density at radius 2 is 0.907 bits per heavy atom. The molecule has 2 aliphatic carbocycles. The number of hydrogen-bond donors (Lipinski definition) is 0. The molecule has 0 atom stereocenters. The van der Waals surface area contributed by atoms with Gasteiger partial charge < -0.3 is 0 Å². The number of hydrogen-bond acceptors (Lipinski definition) is 0. The fourth-order valence-corrected chi connectivity index (χ4v) is 37.1. The zero-order valence-electron chi connectivity index (χ0n) is 25.1. The van der Waals surface area contributed by atoms with E-state index in [9.17, 15) is 0 Å². The van der Waals surface area contributed by atoms with Gasteiger partial charge in [-0.05, 0) is 0 Å². The maximum atomic E-state index is 2.72. The average Bonchev–Trinajstić information content (AvgIpc) is 3.61. The van der Waals surface area contributed by atoms with Crippen LogP contribution in [0.5, 0.6) is 0 Å². The SMILES string of the molecule is CC1=[C]([Hf]([CH3])(=[SiH2])([C]2=C(C)C=C(c3cccc4ccccc34)C2)[c]2ccccc2)CC(c2cccc3ccccc23)=C1.Cl.Cl. The molecular weight excluding hydrogens is 746 g/mol. The zero-order valence-corrected chi connectivity index (χ0v) is 31.7. The first kappa shape index (κ1) is 31.7. The van der Waals surface area contributed by atoms with Crippen LogP contribution >= 0.6 is 24.8 Å². The second-order valence-electron chi connectivity index (χ2n) is 12.4. The van der Waals surface area contributed by atoms with Gasteiger partial charge in [-0.25, -0.2) is 0 Å². The summed E-state index contributed by atoms with van der Waals surface area (Å²) in [7, 11) is 0. The van der Waals surface area contributed by atoms with Crippen LogP contribution in [0.3, 0.4) is 0 Å². The molecule has 0 nitrogen and oxygen atoms in total. The van der Waals surface area contributed by atoms with Crippen molar-refractivity contribution in [3.05, 3.63) is 156 Å². The molecule has 0 aromatic heterocycles. The summed E-state index contributed by atoms with van der Waals surface area (Å²) in [6.45, 7) is 7.17. The first-order valence-electron chi connectivity index (χ1n) is 14.7. The van der Waals surface area contributed by atoms with Gasteiger partial charge in [0.1, 0.15) is 0 Å². The largest absolute Gasteiger partial charge is 0.147 e. The predicted molar refractivity (Wildman–Crippen MR) is 193 cm³/mol. The van der Waals surface area contributed by atoms with Gasteiger partial charge in [-0.2, -0.15) is 0 Å². The Morgan fingerprint density at radius 3 is 1.37 bits per heavy atom. The van der Waals surface area contributed by atoms with Gasteiger partial charge in [-0.15, -0.1) is 24.8 Å². The summed E-state index contributed by atoms with van der Waals surface area (Å²) in [5.74, 6) is 0. The molecule has 0 N–H and O–H groups in total. The van der Waals surface area contributed by atoms with E-state index in [0.29, 0.717) is 0 Å². The third-order valence-electron chi connectivity index (χ3n) is 9.93. The van der Waals surface area contributed by atoms with Gasteiger partial charge >= 0.3 is 248 Å². The first-order chi connectivity index (χ1) is 19.8. The maximum absolute atomic E-state index is 4.09. The summed E-state index contributed by atoms with van der Waals surface area (Å²) < 4.78 is 7.78. The molecule has 5 aromatic carbocycles. The number of allylic oxidation sites excluding steroid dienone is 8. The van der Waals surface area contributed by atoms with Crippen LogP contribution in [0, 0.1) is 0 Å². The van der Waals surface area contributed by atoms with E-state index in [1.807, 2.05) is 0 Å². The molecule has 0 aliphatic heterocycles. The molecule has 43 heavy (non-hydrogen) atoms. The third-order valence-corrected chi connectivity index (χ3v) is 42.9. The van der Waals surface area contributed by atoms with Crippen molar-refractivity contribution in [2.45, 2.75) is 31.4 Å². The molecule has 0 unspecified atom stereocenters. The van der Waals surface area contributed by atoms with Crippen LogP contribution in [0.4, 0.5) is 0 Å². The molecule has 5 aromatic rings. The molecule has 0 saturated carbocycles. The minimum absolute atomic E-state index is 0. The zero-order chi connectivity index (χ0) is 28.2. The number of rotatable bonds is 5. The Hall–Kier alpha value is -2.75. The van der Waals surface area contributed by atoms with Crippen LogP contribution < -0.4 is 3.32 Å². The number of fused-ring (bicyclic) bond motifs is 2. The van der Waals surface area contributed by atoms with Crippen LogP contribution in [0.1, 0.15) is 37.8 Å². The van der Waals surface area contributed by atoms with Crippen molar-refractivity contribution in [2.75, 3.05) is 0 Å². The second-order valence-corrected chi connectivity index (χ2v) is 47.8. The van der Waals surface area contributed by atoms with E-state index in [4.69, 9.17) is 0 Å². The van der Waals surface area contributed by atoms with Crippen LogP contribution in [0.15, 0.2) is 145 Å². The predicted octanol–water partition coefficient (Wildman–Crippen LogP) is 10.3. The van der Waals surface area contributed by atoms with Gasteiger partial charge in [0.25, 0.3) is 0 Å². The third kappa shape index (κ3) is 5.11. The summed E-state index contributed by atoms with van der Waals surface area (Å²) in [6.07, 6.45) is 7.12. The molecule has 0 radical (unpaired) electrons. The molecule has 4 heteroatoms. The van der Waals surface area contributed by atoms with E-state index < -0.39 is 17.1 Å². The van der Waals surface area contributed by atoms with Crippen LogP contribution in [0.25, 0.3) is 32.7 Å².